The summed E-state index contributed by atoms with van der Waals surface area (Å²) in [6.45, 7) is 2.68. The minimum absolute atomic E-state index is 0.166. The summed E-state index contributed by atoms with van der Waals surface area (Å²) in [6, 6.07) is 16.9. The first kappa shape index (κ1) is 21.5. The summed E-state index contributed by atoms with van der Waals surface area (Å²) in [6.07, 6.45) is 0.501. The molecule has 1 atom stereocenters. The second-order valence-electron chi connectivity index (χ2n) is 7.35. The normalized spacial score (nSPS) is 17.5. The van der Waals surface area contributed by atoms with Crippen molar-refractivity contribution in [1.82, 2.24) is 10.6 Å². The molecule has 0 radical (unpaired) electrons. The van der Waals surface area contributed by atoms with Gasteiger partial charge in [0.25, 0.3) is 5.91 Å². The van der Waals surface area contributed by atoms with Crippen molar-refractivity contribution >= 4 is 23.4 Å². The van der Waals surface area contributed by atoms with Gasteiger partial charge in [-0.1, -0.05) is 48.5 Å². The summed E-state index contributed by atoms with van der Waals surface area (Å²) >= 11 is 0. The van der Waals surface area contributed by atoms with Crippen LogP contribution < -0.4 is 15.5 Å². The molecule has 1 heterocycles. The highest BCUT2D eigenvalue weighted by Gasteiger charge is 2.52. The van der Waals surface area contributed by atoms with Crippen LogP contribution in [0.25, 0.3) is 0 Å². The molecule has 30 heavy (non-hydrogen) atoms. The van der Waals surface area contributed by atoms with Gasteiger partial charge in [0.05, 0.1) is 18.7 Å². The fourth-order valence-corrected chi connectivity index (χ4v) is 3.83. The largest absolute Gasteiger partial charge is 0.385 e. The molecular weight excluding hydrogens is 382 g/mol. The Labute approximate surface area is 176 Å². The second-order valence-corrected chi connectivity index (χ2v) is 7.35. The average molecular weight is 409 g/mol. The van der Waals surface area contributed by atoms with Crippen LogP contribution in [-0.2, 0) is 31.2 Å². The van der Waals surface area contributed by atoms with Crippen molar-refractivity contribution in [2.45, 2.75) is 31.8 Å². The van der Waals surface area contributed by atoms with E-state index in [1.54, 1.807) is 18.1 Å². The zero-order chi connectivity index (χ0) is 21.6. The molecule has 1 aliphatic heterocycles. The Hall–Kier alpha value is -3.19. The molecule has 2 aromatic rings. The SMILES string of the molecule is COCCCNC(=O)C[C@]1(NC(C)=O)C(=O)N(Cc2ccccc2)c2ccccc21. The van der Waals surface area contributed by atoms with Crippen molar-refractivity contribution in [2.24, 2.45) is 0 Å². The lowest BCUT2D eigenvalue weighted by atomic mass is 9.87. The summed E-state index contributed by atoms with van der Waals surface area (Å²) < 4.78 is 4.99. The van der Waals surface area contributed by atoms with E-state index in [2.05, 4.69) is 10.6 Å². The van der Waals surface area contributed by atoms with E-state index in [0.29, 0.717) is 37.4 Å². The lowest BCUT2D eigenvalue weighted by Crippen LogP contribution is -2.54. The molecule has 158 valence electrons. The van der Waals surface area contributed by atoms with E-state index < -0.39 is 5.54 Å². The number of methoxy groups -OCH3 is 1. The minimum Gasteiger partial charge on any atom is -0.385 e. The highest BCUT2D eigenvalue weighted by molar-refractivity contribution is 6.11. The Morgan fingerprint density at radius 1 is 1.07 bits per heavy atom. The van der Waals surface area contributed by atoms with Gasteiger partial charge in [0, 0.05) is 32.7 Å². The van der Waals surface area contributed by atoms with E-state index in [1.807, 2.05) is 48.5 Å². The van der Waals surface area contributed by atoms with Crippen LogP contribution >= 0.6 is 0 Å². The molecule has 0 unspecified atom stereocenters. The van der Waals surface area contributed by atoms with Gasteiger partial charge in [0.15, 0.2) is 5.54 Å². The number of nitrogens with one attached hydrogen (secondary N) is 2. The van der Waals surface area contributed by atoms with Gasteiger partial charge in [-0.25, -0.2) is 0 Å². The number of benzene rings is 2. The van der Waals surface area contributed by atoms with Gasteiger partial charge < -0.3 is 20.3 Å². The first-order chi connectivity index (χ1) is 14.5. The molecule has 7 nitrogen and oxygen atoms in total. The second kappa shape index (κ2) is 9.54. The standard InChI is InChI=1S/C23H27N3O4/c1-17(27)25-23(15-21(28)24-13-8-14-30-2)19-11-6-7-12-20(19)26(22(23)29)16-18-9-4-3-5-10-18/h3-7,9-12H,8,13-16H2,1-2H3,(H,24,28)(H,25,27)/t23-/m1/s1. The molecule has 0 bridgehead atoms. The Balaban J connectivity index is 1.92. The van der Waals surface area contributed by atoms with Crippen LogP contribution in [0, 0.1) is 0 Å². The van der Waals surface area contributed by atoms with Crippen molar-refractivity contribution in [3.8, 4) is 0 Å². The molecule has 0 saturated carbocycles. The van der Waals surface area contributed by atoms with E-state index in [-0.39, 0.29) is 24.1 Å². The first-order valence-corrected chi connectivity index (χ1v) is 9.97. The summed E-state index contributed by atoms with van der Waals surface area (Å²) in [7, 11) is 1.60. The zero-order valence-electron chi connectivity index (χ0n) is 17.3. The number of para-hydroxylation sites is 1. The van der Waals surface area contributed by atoms with Gasteiger partial charge in [-0.3, -0.25) is 14.4 Å². The molecule has 0 fully saturated rings. The Bertz CT molecular complexity index is 916. The van der Waals surface area contributed by atoms with Crippen molar-refractivity contribution in [1.29, 1.82) is 0 Å². The maximum atomic E-state index is 13.6. The van der Waals surface area contributed by atoms with Gasteiger partial charge in [-0.15, -0.1) is 0 Å². The molecule has 1 aliphatic rings. The fourth-order valence-electron chi connectivity index (χ4n) is 3.83. The number of rotatable bonds is 9. The average Bonchev–Trinajstić information content (AvgIpc) is 2.94. The zero-order valence-corrected chi connectivity index (χ0v) is 17.3. The third-order valence-corrected chi connectivity index (χ3v) is 5.11. The summed E-state index contributed by atoms with van der Waals surface area (Å²) in [4.78, 5) is 40.1. The maximum Gasteiger partial charge on any atom is 0.258 e. The van der Waals surface area contributed by atoms with Gasteiger partial charge in [-0.2, -0.15) is 0 Å². The van der Waals surface area contributed by atoms with Crippen LogP contribution in [0.2, 0.25) is 0 Å². The number of fused-ring (bicyclic) bond motifs is 1. The van der Waals surface area contributed by atoms with E-state index in [9.17, 15) is 14.4 Å². The number of hydrogen-bond donors (Lipinski definition) is 2. The summed E-state index contributed by atoms with van der Waals surface area (Å²) in [5, 5.41) is 5.61. The van der Waals surface area contributed by atoms with Gasteiger partial charge in [-0.05, 0) is 18.1 Å². The van der Waals surface area contributed by atoms with E-state index in [0.717, 1.165) is 5.56 Å². The predicted molar refractivity (Wildman–Crippen MR) is 114 cm³/mol. The highest BCUT2D eigenvalue weighted by Crippen LogP contribution is 2.43. The maximum absolute atomic E-state index is 13.6. The number of nitrogens with zero attached hydrogens (tertiary/aromatic N) is 1. The molecule has 7 heteroatoms. The molecular formula is C23H27N3O4. The van der Waals surface area contributed by atoms with Crippen molar-refractivity contribution in [2.75, 3.05) is 25.2 Å². The molecule has 0 saturated heterocycles. The van der Waals surface area contributed by atoms with Crippen LogP contribution in [0.4, 0.5) is 5.69 Å². The van der Waals surface area contributed by atoms with Crippen LogP contribution in [0.15, 0.2) is 54.6 Å². The minimum atomic E-state index is -1.43. The van der Waals surface area contributed by atoms with E-state index in [4.69, 9.17) is 4.74 Å². The molecule has 0 spiro atoms. The molecule has 0 aromatic heterocycles. The first-order valence-electron chi connectivity index (χ1n) is 9.97. The van der Waals surface area contributed by atoms with Crippen molar-refractivity contribution in [3.05, 3.63) is 65.7 Å². The third kappa shape index (κ3) is 4.52. The summed E-state index contributed by atoms with van der Waals surface area (Å²) in [5.74, 6) is -0.980. The number of anilines is 1. The van der Waals surface area contributed by atoms with Crippen molar-refractivity contribution in [3.63, 3.8) is 0 Å². The molecule has 3 rings (SSSR count). The van der Waals surface area contributed by atoms with Gasteiger partial charge >= 0.3 is 0 Å². The Kier molecular flexibility index (Phi) is 6.84. The van der Waals surface area contributed by atoms with Gasteiger partial charge in [0.2, 0.25) is 11.8 Å². The highest BCUT2D eigenvalue weighted by atomic mass is 16.5. The number of hydrogen-bond acceptors (Lipinski definition) is 4. The molecule has 3 amide bonds. The Morgan fingerprint density at radius 3 is 2.47 bits per heavy atom. The van der Waals surface area contributed by atoms with Crippen LogP contribution in [0.3, 0.4) is 0 Å². The molecule has 2 N–H and O–H groups in total. The van der Waals surface area contributed by atoms with E-state index in [1.165, 1.54) is 6.92 Å². The van der Waals surface area contributed by atoms with Crippen molar-refractivity contribution < 1.29 is 19.1 Å². The number of carbonyl (C=O) groups excluding carboxylic acids is 3. The molecule has 2 aromatic carbocycles. The van der Waals surface area contributed by atoms with Crippen LogP contribution in [0.5, 0.6) is 0 Å². The quantitative estimate of drug-likeness (QED) is 0.621. The Morgan fingerprint density at radius 2 is 1.77 bits per heavy atom. The number of amides is 3. The van der Waals surface area contributed by atoms with Gasteiger partial charge in [0.1, 0.15) is 0 Å². The lowest BCUT2D eigenvalue weighted by Gasteiger charge is -2.29. The smallest absolute Gasteiger partial charge is 0.258 e. The molecule has 0 aliphatic carbocycles. The monoisotopic (exact) mass is 409 g/mol. The van der Waals surface area contributed by atoms with Crippen LogP contribution in [0.1, 0.15) is 30.9 Å². The fraction of sp³-hybridized carbons (Fsp3) is 0.348. The third-order valence-electron chi connectivity index (χ3n) is 5.11. The topological polar surface area (TPSA) is 87.7 Å². The number of carbonyl (C=O) groups is 3. The predicted octanol–water partition coefficient (Wildman–Crippen LogP) is 2.11. The van der Waals surface area contributed by atoms with E-state index >= 15 is 0 Å². The number of ether oxygens (including phenoxy) is 1. The summed E-state index contributed by atoms with van der Waals surface area (Å²) in [5.41, 5.74) is 0.867. The lowest BCUT2D eigenvalue weighted by molar-refractivity contribution is -0.134. The van der Waals surface area contributed by atoms with Crippen LogP contribution in [-0.4, -0.2) is 38.0 Å².